The van der Waals surface area contributed by atoms with Crippen LogP contribution >= 0.6 is 0 Å². The Morgan fingerprint density at radius 2 is 2.11 bits per heavy atom. The number of benzene rings is 1. The maximum absolute atomic E-state index is 9.25. The van der Waals surface area contributed by atoms with Crippen LogP contribution in [0.5, 0.6) is 5.75 Å². The van der Waals surface area contributed by atoms with Crippen molar-refractivity contribution in [2.45, 2.75) is 32.7 Å². The highest BCUT2D eigenvalue weighted by Gasteiger charge is 2.25. The largest absolute Gasteiger partial charge is 0.497 e. The molecule has 0 aliphatic carbocycles. The van der Waals surface area contributed by atoms with Gasteiger partial charge < -0.3 is 9.64 Å². The minimum atomic E-state index is 0.486. The monoisotopic (exact) mass is 244 g/mol. The van der Waals surface area contributed by atoms with E-state index in [0.717, 1.165) is 23.5 Å². The van der Waals surface area contributed by atoms with E-state index in [1.165, 1.54) is 12.8 Å². The maximum Gasteiger partial charge on any atom is 0.121 e. The average molecular weight is 244 g/mol. The van der Waals surface area contributed by atoms with Crippen LogP contribution < -0.4 is 9.64 Å². The van der Waals surface area contributed by atoms with E-state index >= 15 is 0 Å². The van der Waals surface area contributed by atoms with Crippen LogP contribution in [-0.4, -0.2) is 19.7 Å². The lowest BCUT2D eigenvalue weighted by molar-refractivity contribution is 0.388. The molecule has 1 aromatic rings. The van der Waals surface area contributed by atoms with Crippen molar-refractivity contribution in [2.75, 3.05) is 18.6 Å². The molecule has 0 aromatic heterocycles. The van der Waals surface area contributed by atoms with Gasteiger partial charge in [-0.15, -0.1) is 0 Å². The Kier molecular flexibility index (Phi) is 3.76. The standard InChI is InChI=1S/C15H20N2O/c1-11-4-5-12(2)17(10-11)15-8-14(18-3)7-6-13(15)9-16/h6-8,11-12H,4-5,10H2,1-3H3. The maximum atomic E-state index is 9.25. The van der Waals surface area contributed by atoms with E-state index in [1.54, 1.807) is 7.11 Å². The van der Waals surface area contributed by atoms with E-state index in [2.05, 4.69) is 24.8 Å². The smallest absolute Gasteiger partial charge is 0.121 e. The molecule has 1 heterocycles. The summed E-state index contributed by atoms with van der Waals surface area (Å²) in [6, 6.07) is 8.44. The third-order valence-corrected chi connectivity index (χ3v) is 3.75. The predicted octanol–water partition coefficient (Wildman–Crippen LogP) is 3.19. The number of piperidine rings is 1. The number of ether oxygens (including phenoxy) is 1. The minimum Gasteiger partial charge on any atom is -0.497 e. The average Bonchev–Trinajstić information content (AvgIpc) is 2.40. The first-order chi connectivity index (χ1) is 8.65. The summed E-state index contributed by atoms with van der Waals surface area (Å²) in [7, 11) is 1.66. The predicted molar refractivity (Wildman–Crippen MR) is 72.9 cm³/mol. The van der Waals surface area contributed by atoms with Crippen LogP contribution in [0.15, 0.2) is 18.2 Å². The van der Waals surface area contributed by atoms with Crippen molar-refractivity contribution in [2.24, 2.45) is 5.92 Å². The molecule has 0 amide bonds. The summed E-state index contributed by atoms with van der Waals surface area (Å²) in [4.78, 5) is 2.34. The molecule has 2 unspecified atom stereocenters. The Morgan fingerprint density at radius 1 is 1.33 bits per heavy atom. The molecule has 1 fully saturated rings. The molecule has 0 saturated carbocycles. The van der Waals surface area contributed by atoms with Crippen LogP contribution in [0.1, 0.15) is 32.3 Å². The van der Waals surface area contributed by atoms with E-state index in [-0.39, 0.29) is 0 Å². The summed E-state index contributed by atoms with van der Waals surface area (Å²) in [5.74, 6) is 1.49. The second kappa shape index (κ2) is 5.30. The van der Waals surface area contributed by atoms with Gasteiger partial charge in [0.2, 0.25) is 0 Å². The highest BCUT2D eigenvalue weighted by molar-refractivity contribution is 5.63. The number of hydrogen-bond acceptors (Lipinski definition) is 3. The van der Waals surface area contributed by atoms with Crippen LogP contribution in [0.25, 0.3) is 0 Å². The highest BCUT2D eigenvalue weighted by atomic mass is 16.5. The van der Waals surface area contributed by atoms with Gasteiger partial charge in [0.1, 0.15) is 11.8 Å². The number of nitrogens with zero attached hydrogens (tertiary/aromatic N) is 2. The summed E-state index contributed by atoms with van der Waals surface area (Å²) in [5.41, 5.74) is 1.74. The van der Waals surface area contributed by atoms with Gasteiger partial charge in [-0.05, 0) is 37.8 Å². The molecular formula is C15H20N2O. The molecular weight excluding hydrogens is 224 g/mol. The number of rotatable bonds is 2. The second-order valence-electron chi connectivity index (χ2n) is 5.18. The molecule has 3 nitrogen and oxygen atoms in total. The normalized spacial score (nSPS) is 23.6. The van der Waals surface area contributed by atoms with Gasteiger partial charge in [0.15, 0.2) is 0 Å². The highest BCUT2D eigenvalue weighted by Crippen LogP contribution is 2.32. The first-order valence-electron chi connectivity index (χ1n) is 6.50. The Hall–Kier alpha value is -1.69. The van der Waals surface area contributed by atoms with Crippen molar-refractivity contribution in [3.8, 4) is 11.8 Å². The van der Waals surface area contributed by atoms with Gasteiger partial charge >= 0.3 is 0 Å². The first kappa shape index (κ1) is 12.8. The van der Waals surface area contributed by atoms with E-state index < -0.39 is 0 Å². The Balaban J connectivity index is 2.38. The number of nitriles is 1. The SMILES string of the molecule is COc1ccc(C#N)c(N2CC(C)CCC2C)c1. The van der Waals surface area contributed by atoms with E-state index in [0.29, 0.717) is 12.0 Å². The zero-order valence-electron chi connectivity index (χ0n) is 11.3. The van der Waals surface area contributed by atoms with Crippen molar-refractivity contribution in [1.82, 2.24) is 0 Å². The molecule has 2 atom stereocenters. The van der Waals surface area contributed by atoms with Gasteiger partial charge in [0.05, 0.1) is 18.4 Å². The zero-order chi connectivity index (χ0) is 13.1. The van der Waals surface area contributed by atoms with Crippen molar-refractivity contribution < 1.29 is 4.74 Å². The summed E-state index contributed by atoms with van der Waals surface area (Å²) in [5, 5.41) is 9.25. The quantitative estimate of drug-likeness (QED) is 0.801. The molecule has 1 aliphatic rings. The Bertz CT molecular complexity index is 464. The third-order valence-electron chi connectivity index (χ3n) is 3.75. The summed E-state index contributed by atoms with van der Waals surface area (Å²) < 4.78 is 5.27. The number of anilines is 1. The zero-order valence-corrected chi connectivity index (χ0v) is 11.3. The number of hydrogen-bond donors (Lipinski definition) is 0. The van der Waals surface area contributed by atoms with Crippen LogP contribution in [-0.2, 0) is 0 Å². The van der Waals surface area contributed by atoms with Crippen LogP contribution in [0, 0.1) is 17.2 Å². The fourth-order valence-electron chi connectivity index (χ4n) is 2.59. The van der Waals surface area contributed by atoms with Gasteiger partial charge in [0, 0.05) is 18.7 Å². The molecule has 1 aliphatic heterocycles. The lowest BCUT2D eigenvalue weighted by atomic mass is 9.94. The molecule has 0 spiro atoms. The molecule has 1 aromatic carbocycles. The summed E-state index contributed by atoms with van der Waals surface area (Å²) in [6.45, 7) is 5.51. The van der Waals surface area contributed by atoms with Gasteiger partial charge in [0.25, 0.3) is 0 Å². The number of methoxy groups -OCH3 is 1. The van der Waals surface area contributed by atoms with Gasteiger partial charge in [-0.1, -0.05) is 6.92 Å². The molecule has 0 N–H and O–H groups in total. The van der Waals surface area contributed by atoms with Crippen molar-refractivity contribution in [1.29, 1.82) is 5.26 Å². The molecule has 1 saturated heterocycles. The van der Waals surface area contributed by atoms with Crippen LogP contribution in [0.2, 0.25) is 0 Å². The third kappa shape index (κ3) is 2.43. The second-order valence-corrected chi connectivity index (χ2v) is 5.18. The minimum absolute atomic E-state index is 0.486. The van der Waals surface area contributed by atoms with E-state index in [1.807, 2.05) is 18.2 Å². The van der Waals surface area contributed by atoms with Crippen molar-refractivity contribution in [3.05, 3.63) is 23.8 Å². The first-order valence-corrected chi connectivity index (χ1v) is 6.50. The van der Waals surface area contributed by atoms with E-state index in [9.17, 15) is 5.26 Å². The molecule has 2 rings (SSSR count). The fraction of sp³-hybridized carbons (Fsp3) is 0.533. The summed E-state index contributed by atoms with van der Waals surface area (Å²) >= 11 is 0. The molecule has 3 heteroatoms. The fourth-order valence-corrected chi connectivity index (χ4v) is 2.59. The molecule has 96 valence electrons. The Morgan fingerprint density at radius 3 is 2.78 bits per heavy atom. The lowest BCUT2D eigenvalue weighted by Gasteiger charge is -2.39. The van der Waals surface area contributed by atoms with Gasteiger partial charge in [-0.3, -0.25) is 0 Å². The van der Waals surface area contributed by atoms with Gasteiger partial charge in [-0.25, -0.2) is 0 Å². The van der Waals surface area contributed by atoms with Crippen LogP contribution in [0.4, 0.5) is 5.69 Å². The van der Waals surface area contributed by atoms with Crippen molar-refractivity contribution in [3.63, 3.8) is 0 Å². The topological polar surface area (TPSA) is 36.3 Å². The Labute approximate surface area is 109 Å². The molecule has 0 bridgehead atoms. The lowest BCUT2D eigenvalue weighted by Crippen LogP contribution is -2.41. The van der Waals surface area contributed by atoms with Crippen LogP contribution in [0.3, 0.4) is 0 Å². The van der Waals surface area contributed by atoms with E-state index in [4.69, 9.17) is 4.74 Å². The van der Waals surface area contributed by atoms with Crippen molar-refractivity contribution >= 4 is 5.69 Å². The molecule has 0 radical (unpaired) electrons. The summed E-state index contributed by atoms with van der Waals surface area (Å²) in [6.07, 6.45) is 2.45. The van der Waals surface area contributed by atoms with Gasteiger partial charge in [-0.2, -0.15) is 5.26 Å². The molecule has 18 heavy (non-hydrogen) atoms.